The van der Waals surface area contributed by atoms with Crippen LogP contribution in [0.4, 0.5) is 9.18 Å². The summed E-state index contributed by atoms with van der Waals surface area (Å²) < 4.78 is 14.6. The monoisotopic (exact) mass is 464 g/mol. The highest BCUT2D eigenvalue weighted by Gasteiger charge is 2.19. The number of carbonyl (C=O) groups is 2. The van der Waals surface area contributed by atoms with E-state index in [9.17, 15) is 18.8 Å². The molecular formula is C26H29FN4O3. The zero-order valence-electron chi connectivity index (χ0n) is 19.1. The van der Waals surface area contributed by atoms with Crippen molar-refractivity contribution >= 4 is 11.9 Å². The Hall–Kier alpha value is -3.94. The van der Waals surface area contributed by atoms with Crippen LogP contribution in [0.1, 0.15) is 36.5 Å². The second-order valence-corrected chi connectivity index (χ2v) is 8.00. The van der Waals surface area contributed by atoms with Crippen molar-refractivity contribution in [2.75, 3.05) is 0 Å². The van der Waals surface area contributed by atoms with Gasteiger partial charge >= 0.3 is 6.03 Å². The predicted molar refractivity (Wildman–Crippen MR) is 129 cm³/mol. The second-order valence-electron chi connectivity index (χ2n) is 8.00. The zero-order valence-corrected chi connectivity index (χ0v) is 19.1. The lowest BCUT2D eigenvalue weighted by Gasteiger charge is -2.18. The average Bonchev–Trinajstić information content (AvgIpc) is 2.84. The van der Waals surface area contributed by atoms with E-state index >= 15 is 0 Å². The van der Waals surface area contributed by atoms with Crippen molar-refractivity contribution < 1.29 is 14.0 Å². The Balaban J connectivity index is 1.48. The summed E-state index contributed by atoms with van der Waals surface area (Å²) in [5, 5.41) is 8.27. The molecule has 0 fully saturated rings. The van der Waals surface area contributed by atoms with E-state index in [0.717, 1.165) is 23.1 Å². The molecule has 3 N–H and O–H groups in total. The summed E-state index contributed by atoms with van der Waals surface area (Å²) in [7, 11) is 0. The molecule has 0 bridgehead atoms. The van der Waals surface area contributed by atoms with E-state index in [0.29, 0.717) is 19.5 Å². The lowest BCUT2D eigenvalue weighted by atomic mass is 10.1. The van der Waals surface area contributed by atoms with Gasteiger partial charge in [-0.05, 0) is 41.3 Å². The predicted octanol–water partition coefficient (Wildman–Crippen LogP) is 3.32. The smallest absolute Gasteiger partial charge is 0.315 e. The van der Waals surface area contributed by atoms with E-state index in [4.69, 9.17) is 0 Å². The van der Waals surface area contributed by atoms with E-state index in [1.54, 1.807) is 29.0 Å². The molecule has 0 saturated heterocycles. The number of halogens is 1. The van der Waals surface area contributed by atoms with E-state index in [2.05, 4.69) is 16.0 Å². The Morgan fingerprint density at radius 3 is 2.15 bits per heavy atom. The fraction of sp³-hybridized carbons (Fsp3) is 0.269. The summed E-state index contributed by atoms with van der Waals surface area (Å²) in [5.41, 5.74) is 2.59. The largest absolute Gasteiger partial charge is 0.350 e. The van der Waals surface area contributed by atoms with Gasteiger partial charge in [0, 0.05) is 25.4 Å². The highest BCUT2D eigenvalue weighted by atomic mass is 19.1. The summed E-state index contributed by atoms with van der Waals surface area (Å²) >= 11 is 0. The van der Waals surface area contributed by atoms with Crippen molar-refractivity contribution in [1.82, 2.24) is 20.5 Å². The van der Waals surface area contributed by atoms with Crippen molar-refractivity contribution in [3.8, 4) is 0 Å². The van der Waals surface area contributed by atoms with Gasteiger partial charge in [-0.3, -0.25) is 9.59 Å². The first-order chi connectivity index (χ1) is 16.4. The summed E-state index contributed by atoms with van der Waals surface area (Å²) in [6.07, 6.45) is 2.97. The number of hydrogen-bond acceptors (Lipinski definition) is 3. The highest BCUT2D eigenvalue weighted by Crippen LogP contribution is 2.07. The number of aromatic nitrogens is 1. The van der Waals surface area contributed by atoms with Crippen LogP contribution in [-0.2, 0) is 24.4 Å². The van der Waals surface area contributed by atoms with Crippen molar-refractivity contribution in [1.29, 1.82) is 0 Å². The number of amides is 3. The van der Waals surface area contributed by atoms with Gasteiger partial charge in [-0.1, -0.05) is 55.8 Å². The molecule has 1 heterocycles. The van der Waals surface area contributed by atoms with Crippen molar-refractivity contribution in [3.63, 3.8) is 0 Å². The van der Waals surface area contributed by atoms with E-state index in [1.165, 1.54) is 18.2 Å². The maximum absolute atomic E-state index is 13.0. The normalized spacial score (nSPS) is 11.5. The SMILES string of the molecule is CCCC(NC(=O)NCc1ccc(F)cc1)C(=O)NCc1ccc(Cn2ccccc2=O)cc1. The quantitative estimate of drug-likeness (QED) is 0.430. The van der Waals surface area contributed by atoms with Crippen LogP contribution < -0.4 is 21.5 Å². The highest BCUT2D eigenvalue weighted by molar-refractivity contribution is 5.86. The summed E-state index contributed by atoms with van der Waals surface area (Å²) in [6.45, 7) is 2.97. The fourth-order valence-electron chi connectivity index (χ4n) is 3.41. The number of nitrogens with zero attached hydrogens (tertiary/aromatic N) is 1. The lowest BCUT2D eigenvalue weighted by Crippen LogP contribution is -2.49. The van der Waals surface area contributed by atoms with Crippen LogP contribution >= 0.6 is 0 Å². The van der Waals surface area contributed by atoms with Crippen LogP contribution in [0.2, 0.25) is 0 Å². The lowest BCUT2D eigenvalue weighted by molar-refractivity contribution is -0.123. The van der Waals surface area contributed by atoms with Gasteiger partial charge in [-0.15, -0.1) is 0 Å². The summed E-state index contributed by atoms with van der Waals surface area (Å²) in [6, 6.07) is 17.4. The minimum Gasteiger partial charge on any atom is -0.350 e. The number of benzene rings is 2. The molecule has 3 rings (SSSR count). The molecule has 1 atom stereocenters. The first-order valence-corrected chi connectivity index (χ1v) is 11.2. The van der Waals surface area contributed by atoms with E-state index in [-0.39, 0.29) is 23.8 Å². The Kier molecular flexibility index (Phi) is 8.96. The first-order valence-electron chi connectivity index (χ1n) is 11.2. The van der Waals surface area contributed by atoms with Crippen LogP contribution in [0.5, 0.6) is 0 Å². The molecule has 3 amide bonds. The molecule has 0 spiro atoms. The minimum atomic E-state index is -0.664. The number of nitrogens with one attached hydrogen (secondary N) is 3. The molecule has 1 aromatic heterocycles. The molecule has 1 unspecified atom stereocenters. The Labute approximate surface area is 198 Å². The molecule has 0 aliphatic carbocycles. The molecule has 34 heavy (non-hydrogen) atoms. The van der Waals surface area contributed by atoms with Crippen LogP contribution in [0, 0.1) is 5.82 Å². The molecule has 0 saturated carbocycles. The van der Waals surface area contributed by atoms with Gasteiger partial charge in [0.1, 0.15) is 11.9 Å². The van der Waals surface area contributed by atoms with E-state index < -0.39 is 12.1 Å². The molecule has 2 aromatic carbocycles. The number of rotatable bonds is 10. The summed E-state index contributed by atoms with van der Waals surface area (Å²) in [4.78, 5) is 36.8. The third kappa shape index (κ3) is 7.58. The molecule has 178 valence electrons. The average molecular weight is 465 g/mol. The number of carbonyl (C=O) groups excluding carboxylic acids is 2. The van der Waals surface area contributed by atoms with Gasteiger partial charge in [0.15, 0.2) is 0 Å². The third-order valence-electron chi connectivity index (χ3n) is 5.31. The topological polar surface area (TPSA) is 92.2 Å². The maximum Gasteiger partial charge on any atom is 0.315 e. The standard InChI is InChI=1S/C26H29FN4O3/c1-2-5-23(30-26(34)29-17-20-11-13-22(27)14-12-20)25(33)28-16-19-7-9-21(10-8-19)18-31-15-4-3-6-24(31)32/h3-4,6-15,23H,2,5,16-18H2,1H3,(H,28,33)(H2,29,30,34). The van der Waals surface area contributed by atoms with Crippen molar-refractivity contribution in [3.05, 3.63) is 106 Å². The van der Waals surface area contributed by atoms with Crippen LogP contribution in [0.3, 0.4) is 0 Å². The zero-order chi connectivity index (χ0) is 24.3. The van der Waals surface area contributed by atoms with Gasteiger partial charge in [0.25, 0.3) is 5.56 Å². The van der Waals surface area contributed by atoms with Gasteiger partial charge < -0.3 is 20.5 Å². The molecule has 7 nitrogen and oxygen atoms in total. The fourth-order valence-corrected chi connectivity index (χ4v) is 3.41. The Morgan fingerprint density at radius 2 is 1.50 bits per heavy atom. The Morgan fingerprint density at radius 1 is 0.882 bits per heavy atom. The third-order valence-corrected chi connectivity index (χ3v) is 5.31. The van der Waals surface area contributed by atoms with Gasteiger partial charge in [-0.2, -0.15) is 0 Å². The molecule has 8 heteroatoms. The van der Waals surface area contributed by atoms with Gasteiger partial charge in [0.2, 0.25) is 5.91 Å². The van der Waals surface area contributed by atoms with Crippen LogP contribution in [0.25, 0.3) is 0 Å². The Bertz CT molecular complexity index is 1140. The number of hydrogen-bond donors (Lipinski definition) is 3. The van der Waals surface area contributed by atoms with Crippen molar-refractivity contribution in [2.24, 2.45) is 0 Å². The van der Waals surface area contributed by atoms with Crippen LogP contribution in [-0.4, -0.2) is 22.5 Å². The van der Waals surface area contributed by atoms with Crippen molar-refractivity contribution in [2.45, 2.75) is 45.4 Å². The number of urea groups is 1. The molecule has 0 aliphatic heterocycles. The molecule has 3 aromatic rings. The molecule has 0 radical (unpaired) electrons. The first kappa shape index (κ1) is 24.7. The minimum absolute atomic E-state index is 0.0602. The second kappa shape index (κ2) is 12.3. The molecular weight excluding hydrogens is 435 g/mol. The maximum atomic E-state index is 13.0. The summed E-state index contributed by atoms with van der Waals surface area (Å²) in [5.74, 6) is -0.604. The van der Waals surface area contributed by atoms with Gasteiger partial charge in [-0.25, -0.2) is 9.18 Å². The number of pyridine rings is 1. The molecule has 0 aliphatic rings. The van der Waals surface area contributed by atoms with E-state index in [1.807, 2.05) is 37.3 Å². The van der Waals surface area contributed by atoms with Crippen LogP contribution in [0.15, 0.2) is 77.7 Å². The van der Waals surface area contributed by atoms with Gasteiger partial charge in [0.05, 0.1) is 6.54 Å².